The van der Waals surface area contributed by atoms with Crippen molar-refractivity contribution in [2.75, 3.05) is 19.1 Å². The zero-order valence-corrected chi connectivity index (χ0v) is 9.70. The minimum absolute atomic E-state index is 0.0469. The molecule has 0 radical (unpaired) electrons. The summed E-state index contributed by atoms with van der Waals surface area (Å²) in [5.41, 5.74) is 0.795. The lowest BCUT2D eigenvalue weighted by molar-refractivity contribution is 0.0217. The largest absolute Gasteiger partial charge is 0.396 e. The second kappa shape index (κ2) is 6.11. The van der Waals surface area contributed by atoms with Crippen LogP contribution in [0.25, 0.3) is 0 Å². The lowest BCUT2D eigenvalue weighted by Gasteiger charge is -2.23. The monoisotopic (exact) mass is 228 g/mol. The molecule has 0 spiro atoms. The molecular weight excluding hydrogens is 212 g/mol. The van der Waals surface area contributed by atoms with Gasteiger partial charge in [-0.25, -0.2) is 0 Å². The molecule has 1 aromatic carbocycles. The van der Waals surface area contributed by atoms with Gasteiger partial charge in [-0.15, -0.1) is 11.6 Å². The normalized spacial score (nSPS) is 14.9. The number of rotatable bonds is 6. The molecule has 3 heteroatoms. The highest BCUT2D eigenvalue weighted by atomic mass is 35.5. The number of alkyl halides is 1. The van der Waals surface area contributed by atoms with E-state index < -0.39 is 0 Å². The van der Waals surface area contributed by atoms with E-state index >= 15 is 0 Å². The van der Waals surface area contributed by atoms with Gasteiger partial charge in [0.2, 0.25) is 0 Å². The first kappa shape index (κ1) is 12.5. The van der Waals surface area contributed by atoms with E-state index in [1.54, 1.807) is 0 Å². The van der Waals surface area contributed by atoms with Crippen molar-refractivity contribution in [2.24, 2.45) is 5.41 Å². The summed E-state index contributed by atoms with van der Waals surface area (Å²) in [6, 6.07) is 9.95. The molecule has 1 atom stereocenters. The van der Waals surface area contributed by atoms with Crippen LogP contribution in [0.1, 0.15) is 12.5 Å². The van der Waals surface area contributed by atoms with Crippen molar-refractivity contribution < 1.29 is 9.84 Å². The summed E-state index contributed by atoms with van der Waals surface area (Å²) in [4.78, 5) is 0. The Balaban J connectivity index is 2.33. The number of halogens is 1. The molecule has 1 N–H and O–H groups in total. The number of hydrogen-bond donors (Lipinski definition) is 1. The molecule has 0 aromatic heterocycles. The average Bonchev–Trinajstić information content (AvgIpc) is 2.30. The first-order valence-electron chi connectivity index (χ1n) is 4.99. The summed E-state index contributed by atoms with van der Waals surface area (Å²) in [5, 5.41) is 9.12. The molecule has 15 heavy (non-hydrogen) atoms. The molecule has 0 bridgehead atoms. The fourth-order valence-electron chi connectivity index (χ4n) is 1.12. The third-order valence-corrected chi connectivity index (χ3v) is 2.91. The van der Waals surface area contributed by atoms with E-state index in [0.29, 0.717) is 19.1 Å². The Morgan fingerprint density at radius 2 is 2.00 bits per heavy atom. The summed E-state index contributed by atoms with van der Waals surface area (Å²) in [5.74, 6) is 0.401. The van der Waals surface area contributed by atoms with Crippen molar-refractivity contribution in [1.82, 2.24) is 0 Å². The zero-order valence-electron chi connectivity index (χ0n) is 8.95. The van der Waals surface area contributed by atoms with Crippen molar-refractivity contribution in [2.45, 2.75) is 13.5 Å². The average molecular weight is 229 g/mol. The van der Waals surface area contributed by atoms with Crippen LogP contribution in [0.4, 0.5) is 0 Å². The molecule has 0 saturated heterocycles. The van der Waals surface area contributed by atoms with Gasteiger partial charge >= 0.3 is 0 Å². The van der Waals surface area contributed by atoms with Crippen molar-refractivity contribution in [3.63, 3.8) is 0 Å². The number of ether oxygens (including phenoxy) is 1. The standard InChI is InChI=1S/C12H17ClO2/c1-12(8-13,9-14)10-15-7-11-5-3-2-4-6-11/h2-6,14H,7-10H2,1H3/t12-/m1/s1. The van der Waals surface area contributed by atoms with Crippen molar-refractivity contribution in [1.29, 1.82) is 0 Å². The second-order valence-corrected chi connectivity index (χ2v) is 4.35. The lowest BCUT2D eigenvalue weighted by atomic mass is 9.96. The predicted molar refractivity (Wildman–Crippen MR) is 62.0 cm³/mol. The predicted octanol–water partition coefficient (Wildman–Crippen LogP) is 2.44. The molecule has 0 aliphatic heterocycles. The van der Waals surface area contributed by atoms with Crippen LogP contribution in [0.5, 0.6) is 0 Å². The first-order chi connectivity index (χ1) is 7.20. The summed E-state index contributed by atoms with van der Waals surface area (Å²) in [6.45, 7) is 2.99. The fourth-order valence-corrected chi connectivity index (χ4v) is 1.28. The smallest absolute Gasteiger partial charge is 0.0717 e. The lowest BCUT2D eigenvalue weighted by Crippen LogP contribution is -2.29. The van der Waals surface area contributed by atoms with Crippen LogP contribution < -0.4 is 0 Å². The van der Waals surface area contributed by atoms with Crippen LogP contribution in [0.15, 0.2) is 30.3 Å². The Bertz CT molecular complexity index is 270. The number of aliphatic hydroxyl groups is 1. The van der Waals surface area contributed by atoms with Crippen LogP contribution in [0.3, 0.4) is 0 Å². The van der Waals surface area contributed by atoms with Crippen LogP contribution in [0.2, 0.25) is 0 Å². The molecule has 0 saturated carbocycles. The summed E-state index contributed by atoms with van der Waals surface area (Å²) < 4.78 is 5.52. The van der Waals surface area contributed by atoms with Crippen molar-refractivity contribution in [3.8, 4) is 0 Å². The Morgan fingerprint density at radius 1 is 1.33 bits per heavy atom. The van der Waals surface area contributed by atoms with E-state index in [-0.39, 0.29) is 12.0 Å². The Labute approximate surface area is 95.8 Å². The highest BCUT2D eigenvalue weighted by molar-refractivity contribution is 6.18. The van der Waals surface area contributed by atoms with Gasteiger partial charge < -0.3 is 9.84 Å². The minimum Gasteiger partial charge on any atom is -0.396 e. The van der Waals surface area contributed by atoms with Crippen LogP contribution in [0, 0.1) is 5.41 Å². The molecule has 2 nitrogen and oxygen atoms in total. The SMILES string of the molecule is C[C@](CO)(CCl)COCc1ccccc1. The Morgan fingerprint density at radius 3 is 2.53 bits per heavy atom. The maximum Gasteiger partial charge on any atom is 0.0717 e. The number of benzene rings is 1. The molecule has 1 aromatic rings. The van der Waals surface area contributed by atoms with Gasteiger partial charge in [0.1, 0.15) is 0 Å². The van der Waals surface area contributed by atoms with E-state index in [1.807, 2.05) is 37.3 Å². The van der Waals surface area contributed by atoms with E-state index in [9.17, 15) is 0 Å². The van der Waals surface area contributed by atoms with Crippen LogP contribution in [-0.4, -0.2) is 24.2 Å². The number of hydrogen-bond acceptors (Lipinski definition) is 2. The van der Waals surface area contributed by atoms with Gasteiger partial charge in [0.25, 0.3) is 0 Å². The maximum atomic E-state index is 9.12. The van der Waals surface area contributed by atoms with Gasteiger partial charge in [-0.2, -0.15) is 0 Å². The molecule has 0 amide bonds. The highest BCUT2D eigenvalue weighted by Gasteiger charge is 2.22. The van der Waals surface area contributed by atoms with Crippen molar-refractivity contribution in [3.05, 3.63) is 35.9 Å². The Hall–Kier alpha value is -0.570. The third kappa shape index (κ3) is 4.20. The van der Waals surface area contributed by atoms with Crippen LogP contribution in [-0.2, 0) is 11.3 Å². The summed E-state index contributed by atoms with van der Waals surface area (Å²) in [7, 11) is 0. The van der Waals surface area contributed by atoms with E-state index in [0.717, 1.165) is 5.56 Å². The molecule has 84 valence electrons. The van der Waals surface area contributed by atoms with Gasteiger partial charge in [-0.3, -0.25) is 0 Å². The first-order valence-corrected chi connectivity index (χ1v) is 5.52. The molecular formula is C12H17ClO2. The van der Waals surface area contributed by atoms with Crippen molar-refractivity contribution >= 4 is 11.6 Å². The van der Waals surface area contributed by atoms with Gasteiger partial charge in [-0.1, -0.05) is 37.3 Å². The van der Waals surface area contributed by atoms with Gasteiger partial charge in [0.15, 0.2) is 0 Å². The zero-order chi connectivity index (χ0) is 11.1. The van der Waals surface area contributed by atoms with E-state index in [1.165, 1.54) is 0 Å². The maximum absolute atomic E-state index is 9.12. The van der Waals surface area contributed by atoms with E-state index in [4.69, 9.17) is 21.4 Å². The molecule has 0 fully saturated rings. The molecule has 0 unspecified atom stereocenters. The highest BCUT2D eigenvalue weighted by Crippen LogP contribution is 2.18. The topological polar surface area (TPSA) is 29.5 Å². The summed E-state index contributed by atoms with van der Waals surface area (Å²) >= 11 is 5.75. The minimum atomic E-state index is -0.337. The van der Waals surface area contributed by atoms with Gasteiger partial charge in [0, 0.05) is 11.3 Å². The van der Waals surface area contributed by atoms with Crippen LogP contribution >= 0.6 is 11.6 Å². The molecule has 1 rings (SSSR count). The van der Waals surface area contributed by atoms with E-state index in [2.05, 4.69) is 0 Å². The quantitative estimate of drug-likeness (QED) is 0.758. The van der Waals surface area contributed by atoms with Gasteiger partial charge in [-0.05, 0) is 5.56 Å². The molecule has 0 heterocycles. The molecule has 0 aliphatic rings. The molecule has 0 aliphatic carbocycles. The summed E-state index contributed by atoms with van der Waals surface area (Å²) in [6.07, 6.45) is 0. The van der Waals surface area contributed by atoms with Gasteiger partial charge in [0.05, 0.1) is 19.8 Å². The second-order valence-electron chi connectivity index (χ2n) is 4.08. The number of aliphatic hydroxyl groups excluding tert-OH is 1. The fraction of sp³-hybridized carbons (Fsp3) is 0.500. The Kier molecular flexibility index (Phi) is 5.09. The third-order valence-electron chi connectivity index (χ3n) is 2.27.